The summed E-state index contributed by atoms with van der Waals surface area (Å²) in [6.45, 7) is 1.96. The van der Waals surface area contributed by atoms with Crippen LogP contribution in [0.1, 0.15) is 13.3 Å². The molecule has 0 saturated carbocycles. The van der Waals surface area contributed by atoms with Crippen molar-refractivity contribution in [1.82, 2.24) is 0 Å². The second kappa shape index (κ2) is 11.4. The molecule has 0 bridgehead atoms. The predicted octanol–water partition coefficient (Wildman–Crippen LogP) is 5.36. The van der Waals surface area contributed by atoms with Crippen molar-refractivity contribution in [3.8, 4) is 0 Å². The summed E-state index contributed by atoms with van der Waals surface area (Å²) in [5, 5.41) is 0.474. The third-order valence-corrected chi connectivity index (χ3v) is 6.16. The first kappa shape index (κ1) is 23.4. The summed E-state index contributed by atoms with van der Waals surface area (Å²) in [6.07, 6.45) is 8.32. The maximum atomic E-state index is 12.1. The van der Waals surface area contributed by atoms with E-state index in [9.17, 15) is 9.59 Å². The zero-order valence-corrected chi connectivity index (χ0v) is 19.5. The fourth-order valence-electron chi connectivity index (χ4n) is 3.50. The van der Waals surface area contributed by atoms with Gasteiger partial charge in [-0.3, -0.25) is 4.90 Å². The maximum Gasteiger partial charge on any atom is 0.344 e. The van der Waals surface area contributed by atoms with E-state index in [0.717, 1.165) is 16.9 Å². The van der Waals surface area contributed by atoms with E-state index in [4.69, 9.17) is 14.5 Å². The molecule has 1 aliphatic heterocycles. The van der Waals surface area contributed by atoms with E-state index in [1.54, 1.807) is 6.92 Å². The fraction of sp³-hybridized carbons (Fsp3) is 0.185. The van der Waals surface area contributed by atoms with E-state index in [0.29, 0.717) is 29.7 Å². The molecular weight excluding hydrogens is 448 g/mol. The number of hydrogen-bond donors (Lipinski definition) is 0. The van der Waals surface area contributed by atoms with Crippen molar-refractivity contribution in [3.63, 3.8) is 0 Å². The topological polar surface area (TPSA) is 68.2 Å². The average Bonchev–Trinajstić information content (AvgIpc) is 3.21. The molecule has 34 heavy (non-hydrogen) atoms. The van der Waals surface area contributed by atoms with Gasteiger partial charge in [-0.05, 0) is 55.3 Å². The molecule has 1 fully saturated rings. The van der Waals surface area contributed by atoms with Crippen LogP contribution in [0.15, 0.2) is 107 Å². The Hall–Kier alpha value is -3.80. The predicted molar refractivity (Wildman–Crippen MR) is 136 cm³/mol. The number of benzene rings is 2. The van der Waals surface area contributed by atoms with E-state index < -0.39 is 5.97 Å². The normalized spacial score (nSPS) is 19.8. The minimum Gasteiger partial charge on any atom is -0.482 e. The molecule has 1 unspecified atom stereocenters. The quantitative estimate of drug-likeness (QED) is 0.399. The Balaban J connectivity index is 1.55. The van der Waals surface area contributed by atoms with Crippen molar-refractivity contribution in [1.29, 1.82) is 0 Å². The summed E-state index contributed by atoms with van der Waals surface area (Å²) in [5.41, 5.74) is 3.20. The highest BCUT2D eigenvalue weighted by atomic mass is 32.2. The molecule has 1 heterocycles. The largest absolute Gasteiger partial charge is 0.482 e. The first-order chi connectivity index (χ1) is 16.7. The van der Waals surface area contributed by atoms with Crippen LogP contribution in [-0.4, -0.2) is 35.5 Å². The highest BCUT2D eigenvalue weighted by molar-refractivity contribution is 8.15. The lowest BCUT2D eigenvalue weighted by molar-refractivity contribution is -0.146. The molecule has 7 heteroatoms. The average molecular weight is 473 g/mol. The van der Waals surface area contributed by atoms with E-state index in [1.807, 2.05) is 89.9 Å². The monoisotopic (exact) mass is 472 g/mol. The molecular formula is C27H24N2O4S. The summed E-state index contributed by atoms with van der Waals surface area (Å²) in [5.74, 6) is 2.37. The van der Waals surface area contributed by atoms with Crippen LogP contribution in [0.25, 0.3) is 0 Å². The van der Waals surface area contributed by atoms with Crippen molar-refractivity contribution in [3.05, 3.63) is 102 Å². The second-order valence-corrected chi connectivity index (χ2v) is 8.51. The van der Waals surface area contributed by atoms with Crippen LogP contribution in [0.4, 0.5) is 11.4 Å². The van der Waals surface area contributed by atoms with Crippen LogP contribution >= 0.6 is 11.8 Å². The number of amidine groups is 1. The zero-order valence-electron chi connectivity index (χ0n) is 18.7. The first-order valence-corrected chi connectivity index (χ1v) is 11.8. The van der Waals surface area contributed by atoms with Gasteiger partial charge in [0.25, 0.3) is 0 Å². The number of hydrogen-bond acceptors (Lipinski definition) is 6. The van der Waals surface area contributed by atoms with Gasteiger partial charge < -0.3 is 9.47 Å². The number of ether oxygens (including phenoxy) is 2. The van der Waals surface area contributed by atoms with Gasteiger partial charge in [-0.1, -0.05) is 60.3 Å². The Kier molecular flexibility index (Phi) is 7.81. The maximum absolute atomic E-state index is 12.1. The molecule has 0 aromatic heterocycles. The van der Waals surface area contributed by atoms with Crippen LogP contribution in [0.5, 0.6) is 0 Å². The molecule has 2 aromatic carbocycles. The number of anilines is 1. The van der Waals surface area contributed by atoms with E-state index >= 15 is 0 Å². The minimum absolute atomic E-state index is 0.120. The second-order valence-electron chi connectivity index (χ2n) is 7.41. The van der Waals surface area contributed by atoms with Crippen LogP contribution < -0.4 is 4.90 Å². The van der Waals surface area contributed by atoms with Crippen LogP contribution in [0.2, 0.25) is 0 Å². The van der Waals surface area contributed by atoms with E-state index in [-0.39, 0.29) is 11.9 Å². The smallest absolute Gasteiger partial charge is 0.344 e. The number of esters is 1. The number of carbonyl (C=O) groups is 1. The lowest BCUT2D eigenvalue weighted by Crippen LogP contribution is -2.23. The third kappa shape index (κ3) is 5.76. The molecule has 1 saturated heterocycles. The standard InChI is InChI=1S/C27H24N2O4S/c1-2-32-26(31)19-33-23-15-13-20(14-16-23)17-25-24(18-30)29(22-11-7-4-8-12-22)27(34-25)28-21-9-5-3-6-10-21/h3-13,15-17,25H,2,14,19H2,1H3. The molecule has 0 radical (unpaired) electrons. The Bertz CT molecular complexity index is 1200. The van der Waals surface area contributed by atoms with Crippen LogP contribution in [0, 0.1) is 0 Å². The molecule has 0 amide bonds. The van der Waals surface area contributed by atoms with Crippen molar-refractivity contribution < 1.29 is 19.1 Å². The molecule has 1 atom stereocenters. The van der Waals surface area contributed by atoms with Gasteiger partial charge in [0.15, 0.2) is 11.8 Å². The van der Waals surface area contributed by atoms with Gasteiger partial charge in [-0.2, -0.15) is 0 Å². The van der Waals surface area contributed by atoms with Gasteiger partial charge in [0.05, 0.1) is 17.5 Å². The lowest BCUT2D eigenvalue weighted by atomic mass is 10.0. The minimum atomic E-state index is -0.396. The number of carbonyl (C=O) groups excluding carboxylic acids is 2. The number of allylic oxidation sites excluding steroid dienone is 4. The van der Waals surface area contributed by atoms with Gasteiger partial charge >= 0.3 is 5.97 Å². The number of para-hydroxylation sites is 2. The van der Waals surface area contributed by atoms with Gasteiger partial charge in [0.1, 0.15) is 17.4 Å². The lowest BCUT2D eigenvalue weighted by Gasteiger charge is -2.18. The number of thioether (sulfide) groups is 1. The van der Waals surface area contributed by atoms with Crippen LogP contribution in [-0.2, 0) is 19.1 Å². The van der Waals surface area contributed by atoms with Crippen molar-refractivity contribution in [2.45, 2.75) is 18.6 Å². The van der Waals surface area contributed by atoms with Crippen LogP contribution in [0.3, 0.4) is 0 Å². The highest BCUT2D eigenvalue weighted by Crippen LogP contribution is 2.40. The van der Waals surface area contributed by atoms with Gasteiger partial charge in [-0.15, -0.1) is 0 Å². The molecule has 4 rings (SSSR count). The number of nitrogens with zero attached hydrogens (tertiary/aromatic N) is 2. The van der Waals surface area contributed by atoms with Gasteiger partial charge in [0, 0.05) is 5.69 Å². The SMILES string of the molecule is CCOC(=O)COC1=CCC(=CC2SC(=Nc3ccccc3)N(c3ccccc3)C2=C=O)C=C1. The van der Waals surface area contributed by atoms with Gasteiger partial charge in [-0.25, -0.2) is 14.6 Å². The van der Waals surface area contributed by atoms with Crippen molar-refractivity contribution >= 4 is 40.2 Å². The molecule has 6 nitrogen and oxygen atoms in total. The summed E-state index contributed by atoms with van der Waals surface area (Å²) in [7, 11) is 0. The molecule has 0 spiro atoms. The Morgan fingerprint density at radius 3 is 2.53 bits per heavy atom. The highest BCUT2D eigenvalue weighted by Gasteiger charge is 2.35. The molecule has 2 aromatic rings. The third-order valence-electron chi connectivity index (χ3n) is 5.06. The number of aliphatic imine (C=N–C) groups is 1. The fourth-order valence-corrected chi connectivity index (χ4v) is 4.70. The summed E-state index contributed by atoms with van der Waals surface area (Å²) < 4.78 is 10.4. The molecule has 172 valence electrons. The Morgan fingerprint density at radius 1 is 1.15 bits per heavy atom. The van der Waals surface area contributed by atoms with E-state index in [2.05, 4.69) is 5.94 Å². The molecule has 0 N–H and O–H groups in total. The van der Waals surface area contributed by atoms with E-state index in [1.165, 1.54) is 11.8 Å². The van der Waals surface area contributed by atoms with Gasteiger partial charge in [0.2, 0.25) is 0 Å². The summed E-state index contributed by atoms with van der Waals surface area (Å²) in [4.78, 5) is 30.3. The summed E-state index contributed by atoms with van der Waals surface area (Å²) >= 11 is 1.51. The molecule has 1 aliphatic carbocycles. The molecule has 2 aliphatic rings. The Morgan fingerprint density at radius 2 is 1.88 bits per heavy atom. The Labute approximate surface area is 203 Å². The first-order valence-electron chi connectivity index (χ1n) is 11.0. The summed E-state index contributed by atoms with van der Waals surface area (Å²) in [6, 6.07) is 19.4. The van der Waals surface area contributed by atoms with Crippen molar-refractivity contribution in [2.75, 3.05) is 18.1 Å². The zero-order chi connectivity index (χ0) is 23.8. The van der Waals surface area contributed by atoms with Crippen molar-refractivity contribution in [2.24, 2.45) is 4.99 Å². The number of rotatable bonds is 7.